The van der Waals surface area contributed by atoms with E-state index in [0.29, 0.717) is 34.6 Å². The van der Waals surface area contributed by atoms with Crippen LogP contribution in [-0.2, 0) is 0 Å². The second kappa shape index (κ2) is 10.5. The number of rotatable bonds is 9. The number of hydrogen-bond acceptors (Lipinski definition) is 5. The first kappa shape index (κ1) is 22.1. The van der Waals surface area contributed by atoms with E-state index in [-0.39, 0.29) is 5.91 Å². The zero-order valence-electron chi connectivity index (χ0n) is 17.3. The summed E-state index contributed by atoms with van der Waals surface area (Å²) in [6, 6.07) is 11.5. The highest BCUT2D eigenvalue weighted by atomic mass is 35.5. The summed E-state index contributed by atoms with van der Waals surface area (Å²) >= 11 is 7.75. The van der Waals surface area contributed by atoms with Crippen molar-refractivity contribution in [2.45, 2.75) is 33.6 Å². The van der Waals surface area contributed by atoms with Crippen molar-refractivity contribution in [1.82, 2.24) is 5.43 Å². The van der Waals surface area contributed by atoms with Crippen LogP contribution in [0, 0.1) is 6.92 Å². The van der Waals surface area contributed by atoms with Gasteiger partial charge < -0.3 is 9.47 Å². The highest BCUT2D eigenvalue weighted by molar-refractivity contribution is 7.21. The van der Waals surface area contributed by atoms with E-state index in [9.17, 15) is 4.79 Å². The number of aryl methyl sites for hydroxylation is 1. The number of carbonyl (C=O) groups excluding carboxylic acids is 1. The zero-order valence-corrected chi connectivity index (χ0v) is 18.9. The molecule has 3 rings (SSSR count). The third kappa shape index (κ3) is 5.32. The summed E-state index contributed by atoms with van der Waals surface area (Å²) in [6.45, 7) is 7.23. The Hall–Kier alpha value is -2.57. The zero-order chi connectivity index (χ0) is 21.5. The third-order valence-corrected chi connectivity index (χ3v) is 6.05. The van der Waals surface area contributed by atoms with Gasteiger partial charge in [0.15, 0.2) is 11.5 Å². The van der Waals surface area contributed by atoms with Crippen LogP contribution < -0.4 is 14.9 Å². The minimum absolute atomic E-state index is 0.334. The van der Waals surface area contributed by atoms with Crippen LogP contribution in [-0.4, -0.2) is 25.3 Å². The SMILES string of the molecule is CCCCOc1ccc(C=NNC(=O)c2sc3cc(C)ccc3c2Cl)cc1OCC. The number of thiophene rings is 1. The fraction of sp³-hybridized carbons (Fsp3) is 0.304. The van der Waals surface area contributed by atoms with Crippen molar-refractivity contribution < 1.29 is 14.3 Å². The molecule has 7 heteroatoms. The van der Waals surface area contributed by atoms with E-state index in [0.717, 1.165) is 34.1 Å². The Balaban J connectivity index is 1.70. The lowest BCUT2D eigenvalue weighted by atomic mass is 10.2. The molecule has 0 atom stereocenters. The molecular formula is C23H25ClN2O3S. The van der Waals surface area contributed by atoms with E-state index in [1.165, 1.54) is 11.3 Å². The van der Waals surface area contributed by atoms with E-state index in [2.05, 4.69) is 17.5 Å². The molecule has 0 unspecified atom stereocenters. The molecule has 0 bridgehead atoms. The van der Waals surface area contributed by atoms with Crippen molar-refractivity contribution in [2.75, 3.05) is 13.2 Å². The van der Waals surface area contributed by atoms with Crippen molar-refractivity contribution in [3.05, 3.63) is 57.4 Å². The minimum Gasteiger partial charge on any atom is -0.490 e. The highest BCUT2D eigenvalue weighted by Crippen LogP contribution is 2.35. The molecule has 1 N–H and O–H groups in total. The number of hydrogen-bond donors (Lipinski definition) is 1. The number of unbranched alkanes of at least 4 members (excludes halogenated alkanes) is 1. The standard InChI is InChI=1S/C23H25ClN2O3S/c1-4-6-11-29-18-10-8-16(13-19(18)28-5-2)14-25-26-23(27)22-21(24)17-9-7-15(3)12-20(17)30-22/h7-10,12-14H,4-6,11H2,1-3H3,(H,26,27). The van der Waals surface area contributed by atoms with Gasteiger partial charge in [0.05, 0.1) is 24.5 Å². The van der Waals surface area contributed by atoms with E-state index >= 15 is 0 Å². The van der Waals surface area contributed by atoms with Crippen LogP contribution in [0.25, 0.3) is 10.1 Å². The Labute approximate surface area is 185 Å². The quantitative estimate of drug-likeness (QED) is 0.242. The Morgan fingerprint density at radius 1 is 1.17 bits per heavy atom. The number of amides is 1. The van der Waals surface area contributed by atoms with Gasteiger partial charge >= 0.3 is 0 Å². The lowest BCUT2D eigenvalue weighted by Gasteiger charge is -2.12. The van der Waals surface area contributed by atoms with Crippen LogP contribution in [0.15, 0.2) is 41.5 Å². The van der Waals surface area contributed by atoms with Crippen molar-refractivity contribution in [2.24, 2.45) is 5.10 Å². The van der Waals surface area contributed by atoms with Gasteiger partial charge in [-0.25, -0.2) is 5.43 Å². The van der Waals surface area contributed by atoms with Gasteiger partial charge in [-0.15, -0.1) is 11.3 Å². The van der Waals surface area contributed by atoms with Gasteiger partial charge in [-0.05, 0) is 55.7 Å². The first-order valence-electron chi connectivity index (χ1n) is 9.95. The number of hydrazone groups is 1. The Morgan fingerprint density at radius 2 is 2.00 bits per heavy atom. The van der Waals surface area contributed by atoms with Gasteiger partial charge in [-0.3, -0.25) is 4.79 Å². The second-order valence-electron chi connectivity index (χ2n) is 6.79. The topological polar surface area (TPSA) is 59.9 Å². The molecule has 0 aliphatic rings. The fourth-order valence-electron chi connectivity index (χ4n) is 2.85. The summed E-state index contributed by atoms with van der Waals surface area (Å²) < 4.78 is 12.4. The van der Waals surface area contributed by atoms with Crippen LogP contribution in [0.5, 0.6) is 11.5 Å². The number of nitrogens with one attached hydrogen (secondary N) is 1. The van der Waals surface area contributed by atoms with Crippen LogP contribution in [0.4, 0.5) is 0 Å². The number of halogens is 1. The summed E-state index contributed by atoms with van der Waals surface area (Å²) in [4.78, 5) is 13.0. The van der Waals surface area contributed by atoms with E-state index < -0.39 is 0 Å². The molecule has 30 heavy (non-hydrogen) atoms. The van der Waals surface area contributed by atoms with Gasteiger partial charge in [-0.2, -0.15) is 5.10 Å². The molecule has 2 aromatic carbocycles. The van der Waals surface area contributed by atoms with E-state index in [4.69, 9.17) is 21.1 Å². The van der Waals surface area contributed by atoms with E-state index in [1.54, 1.807) is 6.21 Å². The molecule has 0 saturated carbocycles. The molecule has 3 aromatic rings. The Morgan fingerprint density at radius 3 is 2.77 bits per heavy atom. The normalized spacial score (nSPS) is 11.2. The molecule has 0 saturated heterocycles. The molecule has 5 nitrogen and oxygen atoms in total. The molecule has 1 aromatic heterocycles. The Kier molecular flexibility index (Phi) is 7.71. The smallest absolute Gasteiger partial charge is 0.283 e. The maximum absolute atomic E-state index is 12.5. The maximum Gasteiger partial charge on any atom is 0.283 e. The number of ether oxygens (including phenoxy) is 2. The van der Waals surface area contributed by atoms with Crippen LogP contribution in [0.2, 0.25) is 5.02 Å². The molecule has 0 spiro atoms. The van der Waals surface area contributed by atoms with Crippen molar-refractivity contribution in [3.63, 3.8) is 0 Å². The summed E-state index contributed by atoms with van der Waals surface area (Å²) in [6.07, 6.45) is 3.63. The molecule has 1 amide bonds. The van der Waals surface area contributed by atoms with Crippen molar-refractivity contribution in [3.8, 4) is 11.5 Å². The van der Waals surface area contributed by atoms with Crippen molar-refractivity contribution in [1.29, 1.82) is 0 Å². The maximum atomic E-state index is 12.5. The van der Waals surface area contributed by atoms with Crippen molar-refractivity contribution >= 4 is 45.1 Å². The third-order valence-electron chi connectivity index (χ3n) is 4.39. The predicted octanol–water partition coefficient (Wildman–Crippen LogP) is 6.20. The molecule has 0 aliphatic carbocycles. The van der Waals surface area contributed by atoms with Gasteiger partial charge in [0.25, 0.3) is 5.91 Å². The summed E-state index contributed by atoms with van der Waals surface area (Å²) in [5.74, 6) is 1.03. The first-order chi connectivity index (χ1) is 14.5. The summed E-state index contributed by atoms with van der Waals surface area (Å²) in [5.41, 5.74) is 4.47. The number of benzene rings is 2. The second-order valence-corrected chi connectivity index (χ2v) is 8.22. The van der Waals surface area contributed by atoms with Gasteiger partial charge in [-0.1, -0.05) is 37.1 Å². The Bertz CT molecular complexity index is 1060. The summed E-state index contributed by atoms with van der Waals surface area (Å²) in [7, 11) is 0. The average Bonchev–Trinajstić information content (AvgIpc) is 3.05. The molecule has 0 fully saturated rings. The molecule has 158 valence electrons. The number of fused-ring (bicyclic) bond motifs is 1. The predicted molar refractivity (Wildman–Crippen MR) is 125 cm³/mol. The number of nitrogens with zero attached hydrogens (tertiary/aromatic N) is 1. The summed E-state index contributed by atoms with van der Waals surface area (Å²) in [5, 5.41) is 5.41. The highest BCUT2D eigenvalue weighted by Gasteiger charge is 2.16. The fourth-order valence-corrected chi connectivity index (χ4v) is 4.36. The molecule has 0 aliphatic heterocycles. The molecule has 1 heterocycles. The molecular weight excluding hydrogens is 420 g/mol. The van der Waals surface area contributed by atoms with Crippen LogP contribution in [0.3, 0.4) is 0 Å². The van der Waals surface area contributed by atoms with Gasteiger partial charge in [0.1, 0.15) is 4.88 Å². The van der Waals surface area contributed by atoms with E-state index in [1.807, 2.05) is 50.2 Å². The largest absolute Gasteiger partial charge is 0.490 e. The van der Waals surface area contributed by atoms with Crippen LogP contribution in [0.1, 0.15) is 47.5 Å². The minimum atomic E-state index is -0.334. The van der Waals surface area contributed by atoms with Crippen LogP contribution >= 0.6 is 22.9 Å². The van der Waals surface area contributed by atoms with Gasteiger partial charge in [0, 0.05) is 10.1 Å². The monoisotopic (exact) mass is 444 g/mol. The van der Waals surface area contributed by atoms with Gasteiger partial charge in [0.2, 0.25) is 0 Å². The lowest BCUT2D eigenvalue weighted by Crippen LogP contribution is -2.16. The first-order valence-corrected chi connectivity index (χ1v) is 11.1. The lowest BCUT2D eigenvalue weighted by molar-refractivity contribution is 0.0959. The average molecular weight is 445 g/mol. The molecule has 0 radical (unpaired) electrons. The number of carbonyl (C=O) groups is 1.